The molecule has 0 spiro atoms. The minimum absolute atomic E-state index is 0.00905. The molecule has 0 unspecified atom stereocenters. The number of hydrogen-bond acceptors (Lipinski definition) is 5. The highest BCUT2D eigenvalue weighted by atomic mass is 35.5. The number of ether oxygens (including phenoxy) is 3. The summed E-state index contributed by atoms with van der Waals surface area (Å²) in [7, 11) is 1.58. The summed E-state index contributed by atoms with van der Waals surface area (Å²) in [6.45, 7) is 5.87. The second kappa shape index (κ2) is 11.2. The predicted molar refractivity (Wildman–Crippen MR) is 107 cm³/mol. The number of nitrogens with zero attached hydrogens (tertiary/aromatic N) is 1. The van der Waals surface area contributed by atoms with Crippen LogP contribution in [0.25, 0.3) is 0 Å². The van der Waals surface area contributed by atoms with Crippen LogP contribution in [0.2, 0.25) is 5.02 Å². The minimum atomic E-state index is -0.141. The Morgan fingerprint density at radius 2 is 1.79 bits per heavy atom. The molecule has 1 N–H and O–H groups in total. The second-order valence-corrected chi connectivity index (χ2v) is 7.31. The van der Waals surface area contributed by atoms with E-state index in [4.69, 9.17) is 25.8 Å². The van der Waals surface area contributed by atoms with Gasteiger partial charge >= 0.3 is 0 Å². The van der Waals surface area contributed by atoms with Crippen LogP contribution in [0.15, 0.2) is 12.1 Å². The van der Waals surface area contributed by atoms with Gasteiger partial charge in [0.15, 0.2) is 6.61 Å². The van der Waals surface area contributed by atoms with E-state index in [1.165, 1.54) is 0 Å². The van der Waals surface area contributed by atoms with E-state index in [-0.39, 0.29) is 31.1 Å². The molecule has 28 heavy (non-hydrogen) atoms. The Kier molecular flexibility index (Phi) is 9.02. The van der Waals surface area contributed by atoms with Gasteiger partial charge in [0.1, 0.15) is 12.4 Å². The molecule has 1 fully saturated rings. The third-order valence-corrected chi connectivity index (χ3v) is 5.25. The quantitative estimate of drug-likeness (QED) is 0.628. The van der Waals surface area contributed by atoms with Crippen LogP contribution in [0, 0.1) is 13.8 Å². The molecule has 1 aliphatic heterocycles. The molecule has 8 heteroatoms. The summed E-state index contributed by atoms with van der Waals surface area (Å²) in [4.78, 5) is 26.0. The lowest BCUT2D eigenvalue weighted by Gasteiger charge is -2.32. The molecule has 0 aromatic heterocycles. The molecular formula is C20H29ClN2O5. The maximum Gasteiger partial charge on any atom is 0.260 e. The topological polar surface area (TPSA) is 77.1 Å². The van der Waals surface area contributed by atoms with Crippen LogP contribution in [0.4, 0.5) is 0 Å². The number of carbonyl (C=O) groups excluding carboxylic acids is 2. The van der Waals surface area contributed by atoms with Gasteiger partial charge in [0.05, 0.1) is 13.2 Å². The summed E-state index contributed by atoms with van der Waals surface area (Å²) < 4.78 is 15.7. The van der Waals surface area contributed by atoms with Crippen molar-refractivity contribution in [2.45, 2.75) is 32.7 Å². The Morgan fingerprint density at radius 3 is 2.39 bits per heavy atom. The average Bonchev–Trinajstić information content (AvgIpc) is 2.68. The normalized spacial score (nSPS) is 14.8. The molecule has 1 aliphatic rings. The van der Waals surface area contributed by atoms with Gasteiger partial charge in [0.2, 0.25) is 5.91 Å². The first-order valence-corrected chi connectivity index (χ1v) is 9.82. The molecule has 156 valence electrons. The molecule has 1 aromatic rings. The minimum Gasteiger partial charge on any atom is -0.484 e. The highest BCUT2D eigenvalue weighted by molar-refractivity contribution is 6.32. The van der Waals surface area contributed by atoms with Gasteiger partial charge in [-0.15, -0.1) is 0 Å². The Labute approximate surface area is 171 Å². The monoisotopic (exact) mass is 412 g/mol. The molecule has 7 nitrogen and oxygen atoms in total. The van der Waals surface area contributed by atoms with E-state index in [1.54, 1.807) is 12.0 Å². The zero-order valence-electron chi connectivity index (χ0n) is 16.8. The predicted octanol–water partition coefficient (Wildman–Crippen LogP) is 2.11. The summed E-state index contributed by atoms with van der Waals surface area (Å²) in [6, 6.07) is 3.73. The van der Waals surface area contributed by atoms with Crippen molar-refractivity contribution >= 4 is 23.4 Å². The van der Waals surface area contributed by atoms with Gasteiger partial charge in [-0.1, -0.05) is 11.6 Å². The van der Waals surface area contributed by atoms with Crippen molar-refractivity contribution in [3.8, 4) is 5.75 Å². The van der Waals surface area contributed by atoms with Gasteiger partial charge in [-0.25, -0.2) is 0 Å². The van der Waals surface area contributed by atoms with Crippen molar-refractivity contribution in [2.75, 3.05) is 46.6 Å². The molecule has 0 saturated carbocycles. The van der Waals surface area contributed by atoms with E-state index in [0.29, 0.717) is 49.9 Å². The third kappa shape index (κ3) is 6.96. The van der Waals surface area contributed by atoms with Gasteiger partial charge in [0.25, 0.3) is 5.91 Å². The van der Waals surface area contributed by atoms with Crippen LogP contribution in [0.3, 0.4) is 0 Å². The van der Waals surface area contributed by atoms with Gasteiger partial charge in [-0.3, -0.25) is 9.59 Å². The average molecular weight is 413 g/mol. The maximum absolute atomic E-state index is 12.4. The first kappa shape index (κ1) is 22.5. The molecule has 2 rings (SSSR count). The number of aryl methyl sites for hydroxylation is 2. The number of likely N-dealkylation sites (tertiary alicyclic amines) is 1. The summed E-state index contributed by atoms with van der Waals surface area (Å²) in [6.07, 6.45) is 1.43. The van der Waals surface area contributed by atoms with Crippen LogP contribution >= 0.6 is 11.6 Å². The van der Waals surface area contributed by atoms with Crippen molar-refractivity contribution in [2.24, 2.45) is 0 Å². The molecular weight excluding hydrogens is 384 g/mol. The van der Waals surface area contributed by atoms with Crippen LogP contribution in [-0.2, 0) is 19.1 Å². The van der Waals surface area contributed by atoms with Crippen LogP contribution in [0.5, 0.6) is 5.75 Å². The third-order valence-electron chi connectivity index (χ3n) is 4.65. The molecule has 1 heterocycles. The molecule has 0 radical (unpaired) electrons. The fraction of sp³-hybridized carbons (Fsp3) is 0.600. The number of halogens is 1. The molecule has 1 aromatic carbocycles. The standard InChI is InChI=1S/C20H29ClN2O5/c1-14-10-17(11-15(2)20(14)21)28-13-19(25)23-6-4-16(5-7-23)22-18(24)12-27-9-8-26-3/h10-11,16H,4-9,12-13H2,1-3H3,(H,22,24). The smallest absolute Gasteiger partial charge is 0.260 e. The fourth-order valence-corrected chi connectivity index (χ4v) is 3.18. The van der Waals surface area contributed by atoms with E-state index in [9.17, 15) is 9.59 Å². The number of piperidine rings is 1. The first-order chi connectivity index (χ1) is 13.4. The summed E-state index contributed by atoms with van der Waals surface area (Å²) >= 11 is 6.15. The SMILES string of the molecule is COCCOCC(=O)NC1CCN(C(=O)COc2cc(C)c(Cl)c(C)c2)CC1. The van der Waals surface area contributed by atoms with Crippen molar-refractivity contribution in [3.63, 3.8) is 0 Å². The number of rotatable bonds is 9. The summed E-state index contributed by atoms with van der Waals surface area (Å²) in [5.41, 5.74) is 1.85. The second-order valence-electron chi connectivity index (χ2n) is 6.93. The Balaban J connectivity index is 1.69. The van der Waals surface area contributed by atoms with E-state index in [0.717, 1.165) is 11.1 Å². The van der Waals surface area contributed by atoms with Gasteiger partial charge in [-0.05, 0) is 49.9 Å². The fourth-order valence-electron chi connectivity index (χ4n) is 3.08. The lowest BCUT2D eigenvalue weighted by atomic mass is 10.1. The zero-order valence-corrected chi connectivity index (χ0v) is 17.5. The number of carbonyl (C=O) groups is 2. The lowest BCUT2D eigenvalue weighted by Crippen LogP contribution is -2.48. The van der Waals surface area contributed by atoms with Crippen LogP contribution in [0.1, 0.15) is 24.0 Å². The van der Waals surface area contributed by atoms with E-state index in [1.807, 2.05) is 26.0 Å². The number of hydrogen-bond donors (Lipinski definition) is 1. The summed E-state index contributed by atoms with van der Waals surface area (Å²) in [5.74, 6) is 0.444. The zero-order chi connectivity index (χ0) is 20.5. The Hall–Kier alpha value is -1.83. The highest BCUT2D eigenvalue weighted by Crippen LogP contribution is 2.25. The molecule has 0 atom stereocenters. The Morgan fingerprint density at radius 1 is 1.14 bits per heavy atom. The van der Waals surface area contributed by atoms with Crippen molar-refractivity contribution in [1.29, 1.82) is 0 Å². The summed E-state index contributed by atoms with van der Waals surface area (Å²) in [5, 5.41) is 3.66. The molecule has 1 saturated heterocycles. The van der Waals surface area contributed by atoms with Crippen LogP contribution in [-0.4, -0.2) is 69.4 Å². The van der Waals surface area contributed by atoms with Crippen molar-refractivity contribution in [1.82, 2.24) is 10.2 Å². The number of methoxy groups -OCH3 is 1. The van der Waals surface area contributed by atoms with Gasteiger partial charge < -0.3 is 24.4 Å². The molecule has 2 amide bonds. The lowest BCUT2D eigenvalue weighted by molar-refractivity contribution is -0.134. The van der Waals surface area contributed by atoms with Gasteiger partial charge in [-0.2, -0.15) is 0 Å². The van der Waals surface area contributed by atoms with E-state index >= 15 is 0 Å². The maximum atomic E-state index is 12.4. The van der Waals surface area contributed by atoms with E-state index < -0.39 is 0 Å². The number of nitrogens with one attached hydrogen (secondary N) is 1. The molecule has 0 bridgehead atoms. The van der Waals surface area contributed by atoms with Crippen molar-refractivity contribution < 1.29 is 23.8 Å². The van der Waals surface area contributed by atoms with Crippen LogP contribution < -0.4 is 10.1 Å². The largest absolute Gasteiger partial charge is 0.484 e. The molecule has 0 aliphatic carbocycles. The van der Waals surface area contributed by atoms with Gasteiger partial charge in [0, 0.05) is 31.3 Å². The van der Waals surface area contributed by atoms with Crippen molar-refractivity contribution in [3.05, 3.63) is 28.3 Å². The first-order valence-electron chi connectivity index (χ1n) is 9.44. The number of amides is 2. The highest BCUT2D eigenvalue weighted by Gasteiger charge is 2.24. The van der Waals surface area contributed by atoms with E-state index in [2.05, 4.69) is 5.32 Å². The Bertz CT molecular complexity index is 652. The number of benzene rings is 1.